The highest BCUT2D eigenvalue weighted by Gasteiger charge is 2.12. The highest BCUT2D eigenvalue weighted by Crippen LogP contribution is 2.07. The first-order valence-corrected chi connectivity index (χ1v) is 5.66. The zero-order valence-corrected chi connectivity index (χ0v) is 11.8. The maximum atomic E-state index is 11.8. The molecule has 2 N–H and O–H groups in total. The molecule has 1 rings (SSSR count). The molecule has 1 amide bonds. The topological polar surface area (TPSA) is 63.1 Å². The van der Waals surface area contributed by atoms with E-state index in [4.69, 9.17) is 0 Å². The molecule has 0 aliphatic heterocycles. The Morgan fingerprint density at radius 3 is 2.50 bits per heavy atom. The molecule has 0 spiro atoms. The lowest BCUT2D eigenvalue weighted by molar-refractivity contribution is 0.0945. The van der Waals surface area contributed by atoms with Gasteiger partial charge in [0.15, 0.2) is 5.78 Å². The van der Waals surface area contributed by atoms with Crippen LogP contribution in [0.15, 0.2) is 12.3 Å². The van der Waals surface area contributed by atoms with Crippen molar-refractivity contribution < 1.29 is 9.59 Å². The Balaban J connectivity index is 0.00000289. The fraction of sp³-hybridized carbons (Fsp3) is 0.500. The van der Waals surface area contributed by atoms with Crippen LogP contribution >= 0.6 is 12.4 Å². The van der Waals surface area contributed by atoms with E-state index in [1.807, 2.05) is 7.05 Å². The van der Waals surface area contributed by atoms with Crippen LogP contribution < -0.4 is 10.6 Å². The molecule has 6 heteroatoms. The molecular formula is C12H20ClN3O2. The SMILES string of the molecule is CNCCCNC(=O)c1cc(C(C)=O)cn1C.Cl. The summed E-state index contributed by atoms with van der Waals surface area (Å²) in [5.74, 6) is -0.175. The normalized spacial score (nSPS) is 9.72. The Morgan fingerprint density at radius 1 is 1.33 bits per heavy atom. The second-order valence-corrected chi connectivity index (χ2v) is 3.99. The smallest absolute Gasteiger partial charge is 0.267 e. The average molecular weight is 274 g/mol. The predicted molar refractivity (Wildman–Crippen MR) is 73.5 cm³/mol. The van der Waals surface area contributed by atoms with E-state index in [2.05, 4.69) is 10.6 Å². The van der Waals surface area contributed by atoms with Crippen LogP contribution in [0, 0.1) is 0 Å². The molecule has 0 saturated heterocycles. The Kier molecular flexibility index (Phi) is 7.31. The van der Waals surface area contributed by atoms with Crippen molar-refractivity contribution in [2.24, 2.45) is 7.05 Å². The molecule has 0 fully saturated rings. The van der Waals surface area contributed by atoms with Gasteiger partial charge in [0.2, 0.25) is 0 Å². The van der Waals surface area contributed by atoms with Crippen LogP contribution in [0.4, 0.5) is 0 Å². The van der Waals surface area contributed by atoms with Crippen molar-refractivity contribution in [1.29, 1.82) is 0 Å². The highest BCUT2D eigenvalue weighted by molar-refractivity contribution is 5.99. The lowest BCUT2D eigenvalue weighted by Gasteiger charge is -2.05. The Labute approximate surface area is 113 Å². The maximum absolute atomic E-state index is 11.8. The molecule has 18 heavy (non-hydrogen) atoms. The van der Waals surface area contributed by atoms with Gasteiger partial charge < -0.3 is 15.2 Å². The van der Waals surface area contributed by atoms with Gasteiger partial charge in [-0.05, 0) is 33.0 Å². The van der Waals surface area contributed by atoms with Crippen LogP contribution in [0.2, 0.25) is 0 Å². The fourth-order valence-electron chi connectivity index (χ4n) is 1.54. The van der Waals surface area contributed by atoms with Crippen LogP contribution in [0.1, 0.15) is 34.2 Å². The van der Waals surface area contributed by atoms with Crippen molar-refractivity contribution in [2.75, 3.05) is 20.1 Å². The summed E-state index contributed by atoms with van der Waals surface area (Å²) in [5, 5.41) is 5.83. The van der Waals surface area contributed by atoms with E-state index in [-0.39, 0.29) is 24.1 Å². The molecule has 0 radical (unpaired) electrons. The Hall–Kier alpha value is -1.33. The van der Waals surface area contributed by atoms with Crippen molar-refractivity contribution in [3.63, 3.8) is 0 Å². The number of rotatable bonds is 6. The van der Waals surface area contributed by atoms with Gasteiger partial charge in [0.1, 0.15) is 5.69 Å². The third-order valence-electron chi connectivity index (χ3n) is 2.53. The van der Waals surface area contributed by atoms with Gasteiger partial charge in [0.25, 0.3) is 5.91 Å². The van der Waals surface area contributed by atoms with Gasteiger partial charge in [-0.1, -0.05) is 0 Å². The number of halogens is 1. The molecule has 0 atom stereocenters. The lowest BCUT2D eigenvalue weighted by atomic mass is 10.2. The van der Waals surface area contributed by atoms with E-state index in [9.17, 15) is 9.59 Å². The monoisotopic (exact) mass is 273 g/mol. The molecule has 1 aromatic heterocycles. The number of hydrogen-bond donors (Lipinski definition) is 2. The molecular weight excluding hydrogens is 254 g/mol. The van der Waals surface area contributed by atoms with Gasteiger partial charge in [-0.3, -0.25) is 9.59 Å². The van der Waals surface area contributed by atoms with Gasteiger partial charge in [-0.15, -0.1) is 12.4 Å². The van der Waals surface area contributed by atoms with E-state index in [0.29, 0.717) is 17.8 Å². The van der Waals surface area contributed by atoms with E-state index < -0.39 is 0 Å². The third kappa shape index (κ3) is 4.50. The molecule has 0 aromatic carbocycles. The molecule has 0 bridgehead atoms. The van der Waals surface area contributed by atoms with Crippen LogP contribution in [0.25, 0.3) is 0 Å². The zero-order chi connectivity index (χ0) is 12.8. The summed E-state index contributed by atoms with van der Waals surface area (Å²) < 4.78 is 1.67. The molecule has 0 aliphatic rings. The largest absolute Gasteiger partial charge is 0.351 e. The van der Waals surface area contributed by atoms with E-state index in [1.165, 1.54) is 6.92 Å². The van der Waals surface area contributed by atoms with Gasteiger partial charge in [0.05, 0.1) is 0 Å². The number of hydrogen-bond acceptors (Lipinski definition) is 3. The molecule has 0 aliphatic carbocycles. The van der Waals surface area contributed by atoms with Crippen molar-refractivity contribution >= 4 is 24.1 Å². The van der Waals surface area contributed by atoms with E-state index in [1.54, 1.807) is 23.9 Å². The number of carbonyl (C=O) groups is 2. The van der Waals surface area contributed by atoms with Crippen LogP contribution in [0.5, 0.6) is 0 Å². The van der Waals surface area contributed by atoms with Crippen molar-refractivity contribution in [3.8, 4) is 0 Å². The minimum atomic E-state index is -0.142. The first kappa shape index (κ1) is 16.7. The van der Waals surface area contributed by atoms with Gasteiger partial charge in [0, 0.05) is 25.4 Å². The van der Waals surface area contributed by atoms with E-state index in [0.717, 1.165) is 13.0 Å². The summed E-state index contributed by atoms with van der Waals surface area (Å²) in [7, 11) is 3.63. The highest BCUT2D eigenvalue weighted by atomic mass is 35.5. The molecule has 102 valence electrons. The van der Waals surface area contributed by atoms with Gasteiger partial charge in [-0.2, -0.15) is 0 Å². The lowest BCUT2D eigenvalue weighted by Crippen LogP contribution is -2.27. The molecule has 1 aromatic rings. The first-order chi connectivity index (χ1) is 8.06. The second kappa shape index (κ2) is 7.89. The molecule has 1 heterocycles. The minimum absolute atomic E-state index is 0. The van der Waals surface area contributed by atoms with E-state index >= 15 is 0 Å². The predicted octanol–water partition coefficient (Wildman–Crippen LogP) is 0.989. The van der Waals surface area contributed by atoms with Crippen molar-refractivity contribution in [1.82, 2.24) is 15.2 Å². The Morgan fingerprint density at radius 2 is 2.00 bits per heavy atom. The first-order valence-electron chi connectivity index (χ1n) is 5.66. The summed E-state index contributed by atoms with van der Waals surface area (Å²) in [6, 6.07) is 1.62. The molecule has 0 unspecified atom stereocenters. The fourth-order valence-corrected chi connectivity index (χ4v) is 1.54. The third-order valence-corrected chi connectivity index (χ3v) is 2.53. The maximum Gasteiger partial charge on any atom is 0.267 e. The van der Waals surface area contributed by atoms with Crippen LogP contribution in [0.3, 0.4) is 0 Å². The number of aromatic nitrogens is 1. The number of aryl methyl sites for hydroxylation is 1. The molecule has 0 saturated carbocycles. The summed E-state index contributed by atoms with van der Waals surface area (Å²) >= 11 is 0. The average Bonchev–Trinajstić information content (AvgIpc) is 2.67. The number of ketones is 1. The minimum Gasteiger partial charge on any atom is -0.351 e. The number of amides is 1. The number of nitrogens with one attached hydrogen (secondary N) is 2. The number of nitrogens with zero attached hydrogens (tertiary/aromatic N) is 1. The molecule has 5 nitrogen and oxygen atoms in total. The standard InChI is InChI=1S/C12H19N3O2.ClH/c1-9(16)10-7-11(15(3)8-10)12(17)14-6-4-5-13-2;/h7-8,13H,4-6H2,1-3H3,(H,14,17);1H. The van der Waals surface area contributed by atoms with Crippen molar-refractivity contribution in [3.05, 3.63) is 23.5 Å². The quantitative estimate of drug-likeness (QED) is 0.600. The summed E-state index contributed by atoms with van der Waals surface area (Å²) in [5.41, 5.74) is 1.08. The summed E-state index contributed by atoms with van der Waals surface area (Å²) in [6.45, 7) is 2.98. The number of Topliss-reactive ketones (excluding diaryl/α,β-unsaturated/α-hetero) is 1. The number of carbonyl (C=O) groups excluding carboxylic acids is 2. The second-order valence-electron chi connectivity index (χ2n) is 3.99. The van der Waals surface area contributed by atoms with Crippen molar-refractivity contribution in [2.45, 2.75) is 13.3 Å². The summed E-state index contributed by atoms with van der Waals surface area (Å²) in [6.07, 6.45) is 2.55. The van der Waals surface area contributed by atoms with Crippen LogP contribution in [-0.2, 0) is 7.05 Å². The zero-order valence-electron chi connectivity index (χ0n) is 10.9. The van der Waals surface area contributed by atoms with Gasteiger partial charge >= 0.3 is 0 Å². The van der Waals surface area contributed by atoms with Gasteiger partial charge in [-0.25, -0.2) is 0 Å². The summed E-state index contributed by atoms with van der Waals surface area (Å²) in [4.78, 5) is 23.0. The Bertz CT molecular complexity index is 415. The van der Waals surface area contributed by atoms with Crippen LogP contribution in [-0.4, -0.2) is 36.4 Å².